The number of esters is 1. The number of ether oxygens (including phenoxy) is 1. The molecule has 0 aliphatic heterocycles. The quantitative estimate of drug-likeness (QED) is 0.516. The first-order valence-corrected chi connectivity index (χ1v) is 6.28. The zero-order valence-electron chi connectivity index (χ0n) is 10.2. The van der Waals surface area contributed by atoms with E-state index in [4.69, 9.17) is 4.74 Å². The zero-order chi connectivity index (χ0) is 14.9. The van der Waals surface area contributed by atoms with Gasteiger partial charge in [0.15, 0.2) is 0 Å². The van der Waals surface area contributed by atoms with Crippen molar-refractivity contribution in [3.63, 3.8) is 0 Å². The molecular weight excluding hydrogens is 334 g/mol. The van der Waals surface area contributed by atoms with Crippen LogP contribution in [0.25, 0.3) is 11.0 Å². The number of H-pyrrole nitrogens is 1. The number of nitrogens with one attached hydrogen (secondary N) is 1. The molecule has 2 rings (SSSR count). The Morgan fingerprint density at radius 3 is 2.85 bits per heavy atom. The van der Waals surface area contributed by atoms with Crippen LogP contribution >= 0.6 is 15.9 Å². The number of carbonyl (C=O) groups is 1. The first-order chi connectivity index (χ1) is 9.43. The molecule has 9 heteroatoms. The van der Waals surface area contributed by atoms with Gasteiger partial charge in [-0.05, 0) is 28.9 Å². The number of halogens is 1. The van der Waals surface area contributed by atoms with E-state index in [-0.39, 0.29) is 33.5 Å². The number of hydrogen-bond acceptors (Lipinski definition) is 6. The molecule has 1 heterocycles. The minimum Gasteiger partial charge on any atom is -0.461 e. The number of aromatic amines is 1. The number of fused-ring (bicyclic) bond motifs is 1. The van der Waals surface area contributed by atoms with Crippen LogP contribution in [0.15, 0.2) is 21.4 Å². The van der Waals surface area contributed by atoms with Crippen LogP contribution in [0.5, 0.6) is 0 Å². The summed E-state index contributed by atoms with van der Waals surface area (Å²) < 4.78 is 4.91. The topological polar surface area (TPSA) is 115 Å². The van der Waals surface area contributed by atoms with Crippen molar-refractivity contribution in [2.24, 2.45) is 0 Å². The third-order valence-corrected chi connectivity index (χ3v) is 3.06. The van der Waals surface area contributed by atoms with Gasteiger partial charge >= 0.3 is 5.97 Å². The van der Waals surface area contributed by atoms with Crippen molar-refractivity contribution in [1.82, 2.24) is 9.97 Å². The molecule has 0 fully saturated rings. The van der Waals surface area contributed by atoms with E-state index >= 15 is 0 Å². The van der Waals surface area contributed by atoms with E-state index in [1.807, 2.05) is 0 Å². The highest BCUT2D eigenvalue weighted by molar-refractivity contribution is 9.10. The maximum atomic E-state index is 11.7. The fraction of sp³-hybridized carbons (Fsp3) is 0.182. The van der Waals surface area contributed by atoms with Crippen molar-refractivity contribution in [1.29, 1.82) is 0 Å². The van der Waals surface area contributed by atoms with Crippen LogP contribution in [0.1, 0.15) is 17.4 Å². The molecule has 0 aliphatic carbocycles. The summed E-state index contributed by atoms with van der Waals surface area (Å²) in [4.78, 5) is 39.7. The molecule has 0 amide bonds. The van der Waals surface area contributed by atoms with Gasteiger partial charge in [-0.2, -0.15) is 0 Å². The summed E-state index contributed by atoms with van der Waals surface area (Å²) in [5, 5.41) is 10.8. The van der Waals surface area contributed by atoms with Crippen molar-refractivity contribution >= 4 is 38.6 Å². The Morgan fingerprint density at radius 2 is 2.25 bits per heavy atom. The Hall–Kier alpha value is -2.29. The standard InChI is InChI=1S/C11H8BrN3O5/c1-2-20-11(17)9-10(16)14-7-4-8(15(18)19)5(12)3-6(7)13-9/h3-4H,2H2,1H3,(H,14,16). The highest BCUT2D eigenvalue weighted by atomic mass is 79.9. The minimum absolute atomic E-state index is 0.113. The van der Waals surface area contributed by atoms with Gasteiger partial charge < -0.3 is 9.72 Å². The third-order valence-electron chi connectivity index (χ3n) is 2.43. The number of rotatable bonds is 3. The van der Waals surface area contributed by atoms with Crippen molar-refractivity contribution in [3.8, 4) is 0 Å². The van der Waals surface area contributed by atoms with E-state index in [2.05, 4.69) is 25.9 Å². The molecule has 0 spiro atoms. The molecule has 1 aromatic carbocycles. The molecule has 0 unspecified atom stereocenters. The number of nitro groups is 1. The molecule has 0 aliphatic rings. The molecule has 0 radical (unpaired) electrons. The number of benzene rings is 1. The van der Waals surface area contributed by atoms with Crippen LogP contribution in [0, 0.1) is 10.1 Å². The fourth-order valence-electron chi connectivity index (χ4n) is 1.57. The largest absolute Gasteiger partial charge is 0.461 e. The summed E-state index contributed by atoms with van der Waals surface area (Å²) in [5.74, 6) is -0.842. The van der Waals surface area contributed by atoms with Gasteiger partial charge in [0, 0.05) is 6.07 Å². The van der Waals surface area contributed by atoms with Gasteiger partial charge in [-0.1, -0.05) is 0 Å². The lowest BCUT2D eigenvalue weighted by atomic mass is 10.2. The Morgan fingerprint density at radius 1 is 1.55 bits per heavy atom. The molecule has 0 saturated heterocycles. The third kappa shape index (κ3) is 2.52. The lowest BCUT2D eigenvalue weighted by Crippen LogP contribution is -2.22. The van der Waals surface area contributed by atoms with Crippen molar-refractivity contribution in [3.05, 3.63) is 42.8 Å². The lowest BCUT2D eigenvalue weighted by molar-refractivity contribution is -0.385. The molecule has 0 saturated carbocycles. The van der Waals surface area contributed by atoms with Crippen LogP contribution in [-0.2, 0) is 4.74 Å². The fourth-order valence-corrected chi connectivity index (χ4v) is 2.05. The number of nitrogens with zero attached hydrogens (tertiary/aromatic N) is 2. The number of aromatic nitrogens is 2. The van der Waals surface area contributed by atoms with Gasteiger partial charge in [0.1, 0.15) is 0 Å². The van der Waals surface area contributed by atoms with E-state index in [1.54, 1.807) is 6.92 Å². The molecule has 20 heavy (non-hydrogen) atoms. The van der Waals surface area contributed by atoms with E-state index in [0.717, 1.165) is 0 Å². The summed E-state index contributed by atoms with van der Waals surface area (Å²) in [6.45, 7) is 1.72. The van der Waals surface area contributed by atoms with Gasteiger partial charge in [0.2, 0.25) is 5.69 Å². The van der Waals surface area contributed by atoms with Crippen LogP contribution in [-0.4, -0.2) is 27.5 Å². The van der Waals surface area contributed by atoms with Gasteiger partial charge in [-0.25, -0.2) is 9.78 Å². The van der Waals surface area contributed by atoms with Gasteiger partial charge in [-0.15, -0.1) is 0 Å². The Labute approximate surface area is 120 Å². The summed E-state index contributed by atoms with van der Waals surface area (Å²) in [6, 6.07) is 2.52. The average Bonchev–Trinajstić information content (AvgIpc) is 2.37. The molecule has 1 N–H and O–H groups in total. The van der Waals surface area contributed by atoms with Crippen LogP contribution in [0.4, 0.5) is 5.69 Å². The molecule has 0 bridgehead atoms. The van der Waals surface area contributed by atoms with Gasteiger partial charge in [0.05, 0.1) is 27.0 Å². The van der Waals surface area contributed by atoms with Gasteiger partial charge in [0.25, 0.3) is 11.2 Å². The van der Waals surface area contributed by atoms with E-state index in [9.17, 15) is 19.7 Å². The maximum Gasteiger partial charge on any atom is 0.362 e. The summed E-state index contributed by atoms with van der Waals surface area (Å²) in [5.41, 5.74) is -0.949. The summed E-state index contributed by atoms with van der Waals surface area (Å²) in [6.07, 6.45) is 0. The predicted molar refractivity (Wildman–Crippen MR) is 72.7 cm³/mol. The monoisotopic (exact) mass is 341 g/mol. The highest BCUT2D eigenvalue weighted by Gasteiger charge is 2.18. The van der Waals surface area contributed by atoms with Crippen LogP contribution < -0.4 is 5.56 Å². The molecule has 0 atom stereocenters. The minimum atomic E-state index is -0.842. The number of carbonyl (C=O) groups excluding carboxylic acids is 1. The number of nitro benzene ring substituents is 1. The Bertz CT molecular complexity index is 770. The second-order valence-electron chi connectivity index (χ2n) is 3.71. The van der Waals surface area contributed by atoms with E-state index in [1.165, 1.54) is 12.1 Å². The zero-order valence-corrected chi connectivity index (χ0v) is 11.8. The summed E-state index contributed by atoms with van der Waals surface area (Å²) in [7, 11) is 0. The maximum absolute atomic E-state index is 11.7. The second kappa shape index (κ2) is 5.37. The van der Waals surface area contributed by atoms with Crippen LogP contribution in [0.2, 0.25) is 0 Å². The lowest BCUT2D eigenvalue weighted by Gasteiger charge is -2.03. The van der Waals surface area contributed by atoms with Crippen molar-refractivity contribution in [2.45, 2.75) is 6.92 Å². The Kier molecular flexibility index (Phi) is 3.79. The molecular formula is C11H8BrN3O5. The second-order valence-corrected chi connectivity index (χ2v) is 4.57. The molecule has 8 nitrogen and oxygen atoms in total. The first kappa shape index (κ1) is 14.1. The normalized spacial score (nSPS) is 10.5. The van der Waals surface area contributed by atoms with Crippen molar-refractivity contribution in [2.75, 3.05) is 6.61 Å². The smallest absolute Gasteiger partial charge is 0.362 e. The van der Waals surface area contributed by atoms with E-state index in [0.29, 0.717) is 0 Å². The average molecular weight is 342 g/mol. The van der Waals surface area contributed by atoms with Crippen LogP contribution in [0.3, 0.4) is 0 Å². The summed E-state index contributed by atoms with van der Waals surface area (Å²) >= 11 is 3.04. The molecule has 2 aromatic rings. The van der Waals surface area contributed by atoms with E-state index < -0.39 is 16.5 Å². The number of hydrogen-bond donors (Lipinski definition) is 1. The highest BCUT2D eigenvalue weighted by Crippen LogP contribution is 2.28. The molecule has 1 aromatic heterocycles. The van der Waals surface area contributed by atoms with Crippen molar-refractivity contribution < 1.29 is 14.5 Å². The molecule has 104 valence electrons. The Balaban J connectivity index is 2.66. The SMILES string of the molecule is CCOC(=O)c1nc2cc(Br)c([N+](=O)[O-])cc2[nH]c1=O. The first-order valence-electron chi connectivity index (χ1n) is 5.49. The van der Waals surface area contributed by atoms with Gasteiger partial charge in [-0.3, -0.25) is 14.9 Å². The predicted octanol–water partition coefficient (Wildman–Crippen LogP) is 1.77.